The van der Waals surface area contributed by atoms with Crippen LogP contribution in [-0.2, 0) is 0 Å². The van der Waals surface area contributed by atoms with Crippen LogP contribution in [0.3, 0.4) is 0 Å². The van der Waals surface area contributed by atoms with Gasteiger partial charge in [-0.2, -0.15) is 16.7 Å². The minimum absolute atomic E-state index is 0.530. The van der Waals surface area contributed by atoms with E-state index in [0.29, 0.717) is 5.25 Å². The molecule has 0 bridgehead atoms. The van der Waals surface area contributed by atoms with Gasteiger partial charge in [0.15, 0.2) is 0 Å². The first-order valence-corrected chi connectivity index (χ1v) is 8.85. The second kappa shape index (κ2) is 6.80. The zero-order valence-corrected chi connectivity index (χ0v) is 13.1. The van der Waals surface area contributed by atoms with Crippen LogP contribution in [-0.4, -0.2) is 47.6 Å². The number of aromatic nitrogens is 3. The molecule has 0 radical (unpaired) electrons. The molecule has 112 valence electrons. The van der Waals surface area contributed by atoms with Crippen molar-refractivity contribution in [3.05, 3.63) is 5.82 Å². The van der Waals surface area contributed by atoms with Crippen LogP contribution < -0.4 is 10.2 Å². The lowest BCUT2D eigenvalue weighted by Gasteiger charge is -2.31. The number of hydrogen-bond donors (Lipinski definition) is 2. The van der Waals surface area contributed by atoms with Gasteiger partial charge < -0.3 is 10.2 Å². The molecule has 2 atom stereocenters. The number of nitrogens with zero attached hydrogens (tertiary/aromatic N) is 3. The van der Waals surface area contributed by atoms with E-state index in [1.54, 1.807) is 0 Å². The smallest absolute Gasteiger partial charge is 0.244 e. The molecule has 0 spiro atoms. The van der Waals surface area contributed by atoms with Crippen LogP contribution >= 0.6 is 11.8 Å². The van der Waals surface area contributed by atoms with Crippen molar-refractivity contribution < 1.29 is 0 Å². The first kappa shape index (κ1) is 14.2. The summed E-state index contributed by atoms with van der Waals surface area (Å²) in [6.07, 6.45) is 6.46. The van der Waals surface area contributed by atoms with E-state index in [-0.39, 0.29) is 0 Å². The lowest BCUT2D eigenvalue weighted by atomic mass is 9.98. The Bertz CT molecular complexity index is 413. The molecule has 0 aromatic carbocycles. The Labute approximate surface area is 125 Å². The van der Waals surface area contributed by atoms with Crippen LogP contribution in [0.4, 0.5) is 5.95 Å². The molecule has 0 amide bonds. The minimum Gasteiger partial charge on any atom is -0.339 e. The van der Waals surface area contributed by atoms with Gasteiger partial charge in [-0.1, -0.05) is 6.42 Å². The van der Waals surface area contributed by atoms with E-state index in [0.717, 1.165) is 37.3 Å². The minimum atomic E-state index is 0.530. The maximum absolute atomic E-state index is 4.77. The number of anilines is 1. The van der Waals surface area contributed by atoms with Crippen LogP contribution in [0.25, 0.3) is 0 Å². The van der Waals surface area contributed by atoms with Gasteiger partial charge in [-0.05, 0) is 50.9 Å². The summed E-state index contributed by atoms with van der Waals surface area (Å²) >= 11 is 2.02. The van der Waals surface area contributed by atoms with Gasteiger partial charge in [0.25, 0.3) is 0 Å². The molecule has 2 fully saturated rings. The fourth-order valence-electron chi connectivity index (χ4n) is 3.21. The van der Waals surface area contributed by atoms with Gasteiger partial charge in [0, 0.05) is 13.1 Å². The average molecular weight is 295 g/mol. The fraction of sp³-hybridized carbons (Fsp3) is 0.857. The van der Waals surface area contributed by atoms with Gasteiger partial charge in [-0.15, -0.1) is 5.10 Å². The number of thioether (sulfide) groups is 1. The summed E-state index contributed by atoms with van der Waals surface area (Å²) in [6, 6.07) is 0. The lowest BCUT2D eigenvalue weighted by molar-refractivity contribution is 0.399. The number of nitrogens with one attached hydrogen (secondary N) is 2. The standard InChI is InChI=1S/C14H25N5S/c1-15-9-11-5-4-7-19(10-11)14-16-13(17-18-14)12-6-2-3-8-20-12/h11-12,15H,2-10H2,1H3,(H,16,17,18). The average Bonchev–Trinajstić information content (AvgIpc) is 2.99. The van der Waals surface area contributed by atoms with Crippen molar-refractivity contribution in [3.63, 3.8) is 0 Å². The van der Waals surface area contributed by atoms with Gasteiger partial charge in [0.2, 0.25) is 5.95 Å². The molecule has 2 N–H and O–H groups in total. The maximum atomic E-state index is 4.77. The van der Waals surface area contributed by atoms with Gasteiger partial charge >= 0.3 is 0 Å². The first-order chi connectivity index (χ1) is 9.86. The third-order valence-electron chi connectivity index (χ3n) is 4.27. The fourth-order valence-corrected chi connectivity index (χ4v) is 4.46. The SMILES string of the molecule is CNCC1CCCN(c2n[nH]c(C3CCCCS3)n2)C1. The highest BCUT2D eigenvalue weighted by Gasteiger charge is 2.24. The van der Waals surface area contributed by atoms with Crippen molar-refractivity contribution >= 4 is 17.7 Å². The highest BCUT2D eigenvalue weighted by molar-refractivity contribution is 7.99. The number of hydrogen-bond acceptors (Lipinski definition) is 5. The van der Waals surface area contributed by atoms with Crippen LogP contribution in [0.5, 0.6) is 0 Å². The molecule has 0 saturated carbocycles. The topological polar surface area (TPSA) is 56.8 Å². The summed E-state index contributed by atoms with van der Waals surface area (Å²) in [7, 11) is 2.03. The van der Waals surface area contributed by atoms with Crippen molar-refractivity contribution in [1.82, 2.24) is 20.5 Å². The van der Waals surface area contributed by atoms with Crippen molar-refractivity contribution in [3.8, 4) is 0 Å². The van der Waals surface area contributed by atoms with E-state index < -0.39 is 0 Å². The molecule has 2 aliphatic rings. The molecule has 20 heavy (non-hydrogen) atoms. The van der Waals surface area contributed by atoms with E-state index in [4.69, 9.17) is 4.98 Å². The largest absolute Gasteiger partial charge is 0.339 e. The van der Waals surface area contributed by atoms with Gasteiger partial charge in [0.1, 0.15) is 5.82 Å². The monoisotopic (exact) mass is 295 g/mol. The Balaban J connectivity index is 1.63. The normalized spacial score (nSPS) is 27.8. The van der Waals surface area contributed by atoms with E-state index in [2.05, 4.69) is 20.4 Å². The molecule has 1 aromatic heterocycles. The summed E-state index contributed by atoms with van der Waals surface area (Å²) in [5, 5.41) is 11.5. The number of rotatable bonds is 4. The van der Waals surface area contributed by atoms with Crippen molar-refractivity contribution in [2.45, 2.75) is 37.4 Å². The molecular weight excluding hydrogens is 270 g/mol. The van der Waals surface area contributed by atoms with Gasteiger partial charge in [0.05, 0.1) is 5.25 Å². The van der Waals surface area contributed by atoms with Crippen LogP contribution in [0.1, 0.15) is 43.2 Å². The Morgan fingerprint density at radius 2 is 2.30 bits per heavy atom. The molecule has 2 aliphatic heterocycles. The van der Waals surface area contributed by atoms with Crippen LogP contribution in [0.15, 0.2) is 0 Å². The summed E-state index contributed by atoms with van der Waals surface area (Å²) in [5.74, 6) is 3.97. The second-order valence-corrected chi connectivity index (χ2v) is 7.20. The summed E-state index contributed by atoms with van der Waals surface area (Å²) < 4.78 is 0. The summed E-state index contributed by atoms with van der Waals surface area (Å²) in [5.41, 5.74) is 0. The van der Waals surface area contributed by atoms with E-state index in [1.165, 1.54) is 37.9 Å². The zero-order chi connectivity index (χ0) is 13.8. The lowest BCUT2D eigenvalue weighted by Crippen LogP contribution is -2.39. The van der Waals surface area contributed by atoms with E-state index >= 15 is 0 Å². The molecule has 2 unspecified atom stereocenters. The molecule has 5 nitrogen and oxygen atoms in total. The van der Waals surface area contributed by atoms with Gasteiger partial charge in [-0.25, -0.2) is 0 Å². The second-order valence-electron chi connectivity index (χ2n) is 5.89. The van der Waals surface area contributed by atoms with Crippen LogP contribution in [0, 0.1) is 5.92 Å². The highest BCUT2D eigenvalue weighted by Crippen LogP contribution is 2.37. The summed E-state index contributed by atoms with van der Waals surface area (Å²) in [4.78, 5) is 7.12. The van der Waals surface area contributed by atoms with E-state index in [1.807, 2.05) is 18.8 Å². The summed E-state index contributed by atoms with van der Waals surface area (Å²) in [6.45, 7) is 3.26. The van der Waals surface area contributed by atoms with Gasteiger partial charge in [-0.3, -0.25) is 5.10 Å². The van der Waals surface area contributed by atoms with Crippen molar-refractivity contribution in [2.24, 2.45) is 5.92 Å². The van der Waals surface area contributed by atoms with E-state index in [9.17, 15) is 0 Å². The quantitative estimate of drug-likeness (QED) is 0.892. The number of aromatic amines is 1. The molecule has 1 aromatic rings. The Morgan fingerprint density at radius 1 is 1.35 bits per heavy atom. The molecule has 3 rings (SSSR count). The predicted octanol–water partition coefficient (Wildman–Crippen LogP) is 2.20. The third kappa shape index (κ3) is 3.28. The Kier molecular flexibility index (Phi) is 4.83. The highest BCUT2D eigenvalue weighted by atomic mass is 32.2. The first-order valence-electron chi connectivity index (χ1n) is 7.80. The zero-order valence-electron chi connectivity index (χ0n) is 12.3. The molecule has 2 saturated heterocycles. The Morgan fingerprint density at radius 3 is 3.10 bits per heavy atom. The Hall–Kier alpha value is -0.750. The van der Waals surface area contributed by atoms with Crippen molar-refractivity contribution in [2.75, 3.05) is 37.3 Å². The number of piperidine rings is 1. The van der Waals surface area contributed by atoms with Crippen LogP contribution in [0.2, 0.25) is 0 Å². The molecule has 0 aliphatic carbocycles. The molecule has 6 heteroatoms. The maximum Gasteiger partial charge on any atom is 0.244 e. The number of H-pyrrole nitrogens is 1. The predicted molar refractivity (Wildman–Crippen MR) is 84.3 cm³/mol. The molecule has 3 heterocycles. The van der Waals surface area contributed by atoms with Crippen molar-refractivity contribution in [1.29, 1.82) is 0 Å². The molecular formula is C14H25N5S. The third-order valence-corrected chi connectivity index (χ3v) is 5.66.